The van der Waals surface area contributed by atoms with Gasteiger partial charge in [-0.3, -0.25) is 9.89 Å². The number of aromatic amines is 1. The number of hydrogen-bond acceptors (Lipinski definition) is 5. The van der Waals surface area contributed by atoms with Crippen LogP contribution in [0.3, 0.4) is 0 Å². The molecular weight excluding hydrogens is 362 g/mol. The van der Waals surface area contributed by atoms with Gasteiger partial charge in [0.05, 0.1) is 23.7 Å². The van der Waals surface area contributed by atoms with E-state index >= 15 is 0 Å². The molecule has 2 aromatic heterocycles. The second-order valence-corrected chi connectivity index (χ2v) is 7.31. The van der Waals surface area contributed by atoms with Crippen LogP contribution in [0.2, 0.25) is 0 Å². The fourth-order valence-electron chi connectivity index (χ4n) is 3.54. The maximum Gasteiger partial charge on any atom is 0.275 e. The Morgan fingerprint density at radius 1 is 1.22 bits per heavy atom. The molecule has 0 fully saturated rings. The number of rotatable bonds is 7. The van der Waals surface area contributed by atoms with Crippen molar-refractivity contribution in [2.75, 3.05) is 27.4 Å². The molecule has 1 aliphatic heterocycles. The lowest BCUT2D eigenvalue weighted by Gasteiger charge is -2.26. The average molecular weight is 383 g/mol. The van der Waals surface area contributed by atoms with E-state index in [4.69, 9.17) is 9.47 Å². The number of amides is 1. The maximum absolute atomic E-state index is 13.1. The molecule has 1 aliphatic rings. The van der Waals surface area contributed by atoms with Crippen LogP contribution in [-0.2, 0) is 4.74 Å². The first-order valence-corrected chi connectivity index (χ1v) is 9.68. The number of fused-ring (bicyclic) bond motifs is 1. The molecule has 27 heavy (non-hydrogen) atoms. The van der Waals surface area contributed by atoms with Crippen molar-refractivity contribution in [1.29, 1.82) is 0 Å². The van der Waals surface area contributed by atoms with Gasteiger partial charge >= 0.3 is 0 Å². The predicted molar refractivity (Wildman–Crippen MR) is 104 cm³/mol. The lowest BCUT2D eigenvalue weighted by molar-refractivity contribution is 0.0723. The van der Waals surface area contributed by atoms with Crippen LogP contribution in [0.25, 0.3) is 10.6 Å². The number of H-pyrrole nitrogens is 1. The van der Waals surface area contributed by atoms with Crippen LogP contribution >= 0.6 is 11.3 Å². The maximum atomic E-state index is 13.1. The number of aromatic nitrogens is 2. The number of carbonyl (C=O) groups excluding carboxylic acids is 1. The summed E-state index contributed by atoms with van der Waals surface area (Å²) in [7, 11) is 3.32. The summed E-state index contributed by atoms with van der Waals surface area (Å²) in [6, 6.07) is 11.8. The molecule has 140 valence electrons. The third kappa shape index (κ3) is 3.13. The van der Waals surface area contributed by atoms with Gasteiger partial charge in [0.1, 0.15) is 5.75 Å². The van der Waals surface area contributed by atoms with Crippen LogP contribution in [0.5, 0.6) is 5.75 Å². The highest BCUT2D eigenvalue weighted by molar-refractivity contribution is 7.13. The first kappa shape index (κ1) is 17.8. The van der Waals surface area contributed by atoms with Crippen LogP contribution in [0.15, 0.2) is 41.8 Å². The monoisotopic (exact) mass is 383 g/mol. The Bertz CT molecular complexity index is 919. The van der Waals surface area contributed by atoms with E-state index in [0.717, 1.165) is 33.9 Å². The van der Waals surface area contributed by atoms with Crippen molar-refractivity contribution in [3.63, 3.8) is 0 Å². The molecule has 0 bridgehead atoms. The van der Waals surface area contributed by atoms with Gasteiger partial charge in [0.25, 0.3) is 5.91 Å². The largest absolute Gasteiger partial charge is 0.497 e. The van der Waals surface area contributed by atoms with E-state index in [-0.39, 0.29) is 11.9 Å². The number of nitrogens with zero attached hydrogens (tertiary/aromatic N) is 2. The van der Waals surface area contributed by atoms with Gasteiger partial charge in [0.15, 0.2) is 5.69 Å². The van der Waals surface area contributed by atoms with E-state index in [1.54, 1.807) is 25.6 Å². The molecule has 0 radical (unpaired) electrons. The van der Waals surface area contributed by atoms with Crippen LogP contribution < -0.4 is 4.74 Å². The zero-order chi connectivity index (χ0) is 18.8. The topological polar surface area (TPSA) is 67.5 Å². The van der Waals surface area contributed by atoms with E-state index < -0.39 is 0 Å². The molecule has 7 heteroatoms. The van der Waals surface area contributed by atoms with Crippen molar-refractivity contribution in [3.05, 3.63) is 58.6 Å². The molecular formula is C20H21N3O3S. The van der Waals surface area contributed by atoms with Crippen molar-refractivity contribution < 1.29 is 14.3 Å². The third-order valence-electron chi connectivity index (χ3n) is 4.80. The zero-order valence-electron chi connectivity index (χ0n) is 15.3. The number of hydrogen-bond donors (Lipinski definition) is 1. The Kier molecular flexibility index (Phi) is 4.96. The van der Waals surface area contributed by atoms with E-state index in [2.05, 4.69) is 10.2 Å². The SMILES string of the molecule is COCCCN1C(=O)c2n[nH]c(-c3cccs3)c2C1c1ccc(OC)cc1. The Hall–Kier alpha value is -2.64. The van der Waals surface area contributed by atoms with Gasteiger partial charge in [-0.15, -0.1) is 11.3 Å². The van der Waals surface area contributed by atoms with Gasteiger partial charge in [-0.05, 0) is 35.6 Å². The number of ether oxygens (including phenoxy) is 2. The number of methoxy groups -OCH3 is 2. The highest BCUT2D eigenvalue weighted by atomic mass is 32.1. The predicted octanol–water partition coefficient (Wildman–Crippen LogP) is 3.73. The van der Waals surface area contributed by atoms with Crippen LogP contribution in [0.4, 0.5) is 0 Å². The number of carbonyl (C=O) groups is 1. The molecule has 0 spiro atoms. The summed E-state index contributed by atoms with van der Waals surface area (Å²) in [5.41, 5.74) is 3.42. The second-order valence-electron chi connectivity index (χ2n) is 6.36. The highest BCUT2D eigenvalue weighted by Gasteiger charge is 2.42. The van der Waals surface area contributed by atoms with Gasteiger partial charge in [-0.1, -0.05) is 18.2 Å². The average Bonchev–Trinajstić information content (AvgIpc) is 3.41. The lowest BCUT2D eigenvalue weighted by atomic mass is 9.98. The Labute approximate surface area is 161 Å². The van der Waals surface area contributed by atoms with Gasteiger partial charge in [-0.2, -0.15) is 5.10 Å². The first-order valence-electron chi connectivity index (χ1n) is 8.80. The highest BCUT2D eigenvalue weighted by Crippen LogP contribution is 2.43. The molecule has 0 aliphatic carbocycles. The standard InChI is InChI=1S/C20H21N3O3S/c1-25-11-4-10-23-19(13-6-8-14(26-2)9-7-13)16-17(15-5-3-12-27-15)21-22-18(16)20(23)24/h3,5-9,12,19H,4,10-11H2,1-2H3,(H,21,22). The van der Waals surface area contributed by atoms with Crippen molar-refractivity contribution in [1.82, 2.24) is 15.1 Å². The van der Waals surface area contributed by atoms with Gasteiger partial charge in [0.2, 0.25) is 0 Å². The molecule has 1 N–H and O–H groups in total. The summed E-state index contributed by atoms with van der Waals surface area (Å²) in [5.74, 6) is 0.751. The van der Waals surface area contributed by atoms with Gasteiger partial charge in [0, 0.05) is 25.8 Å². The number of thiophene rings is 1. The van der Waals surface area contributed by atoms with Crippen LogP contribution in [-0.4, -0.2) is 48.4 Å². The van der Waals surface area contributed by atoms with Gasteiger partial charge < -0.3 is 14.4 Å². The molecule has 3 aromatic rings. The first-order chi connectivity index (χ1) is 13.2. The van der Waals surface area contributed by atoms with Crippen LogP contribution in [0.1, 0.15) is 34.1 Å². The Balaban J connectivity index is 1.78. The summed E-state index contributed by atoms with van der Waals surface area (Å²) < 4.78 is 10.5. The van der Waals surface area contributed by atoms with E-state index in [1.807, 2.05) is 46.7 Å². The molecule has 1 amide bonds. The molecule has 4 rings (SSSR count). The summed E-state index contributed by atoms with van der Waals surface area (Å²) in [5, 5.41) is 9.46. The summed E-state index contributed by atoms with van der Waals surface area (Å²) >= 11 is 1.63. The molecule has 1 aromatic carbocycles. The zero-order valence-corrected chi connectivity index (χ0v) is 16.1. The normalized spacial score (nSPS) is 16.0. The Morgan fingerprint density at radius 2 is 2.04 bits per heavy atom. The summed E-state index contributed by atoms with van der Waals surface area (Å²) in [6.07, 6.45) is 0.775. The number of nitrogens with one attached hydrogen (secondary N) is 1. The lowest BCUT2D eigenvalue weighted by Crippen LogP contribution is -2.31. The third-order valence-corrected chi connectivity index (χ3v) is 5.69. The van der Waals surface area contributed by atoms with Crippen molar-refractivity contribution in [2.45, 2.75) is 12.5 Å². The quantitative estimate of drug-likeness (QED) is 0.631. The molecule has 0 saturated heterocycles. The smallest absolute Gasteiger partial charge is 0.275 e. The minimum atomic E-state index is -0.175. The van der Waals surface area contributed by atoms with Crippen LogP contribution in [0, 0.1) is 0 Å². The molecule has 1 atom stereocenters. The second kappa shape index (κ2) is 7.54. The van der Waals surface area contributed by atoms with Crippen molar-refractivity contribution in [3.8, 4) is 16.3 Å². The van der Waals surface area contributed by atoms with Gasteiger partial charge in [-0.25, -0.2) is 0 Å². The molecule has 1 unspecified atom stereocenters. The molecule has 0 saturated carbocycles. The van der Waals surface area contributed by atoms with E-state index in [1.165, 1.54) is 0 Å². The molecule has 3 heterocycles. The summed E-state index contributed by atoms with van der Waals surface area (Å²) in [6.45, 7) is 1.23. The fourth-order valence-corrected chi connectivity index (χ4v) is 4.27. The van der Waals surface area contributed by atoms with E-state index in [9.17, 15) is 4.79 Å². The minimum absolute atomic E-state index is 0.0408. The van der Waals surface area contributed by atoms with Crippen molar-refractivity contribution >= 4 is 17.2 Å². The van der Waals surface area contributed by atoms with E-state index in [0.29, 0.717) is 18.8 Å². The fraction of sp³-hybridized carbons (Fsp3) is 0.300. The number of benzene rings is 1. The summed E-state index contributed by atoms with van der Waals surface area (Å²) in [4.78, 5) is 16.0. The van der Waals surface area contributed by atoms with Crippen molar-refractivity contribution in [2.24, 2.45) is 0 Å². The molecule has 6 nitrogen and oxygen atoms in total. The minimum Gasteiger partial charge on any atom is -0.497 e. The Morgan fingerprint density at radius 3 is 2.70 bits per heavy atom.